The molecule has 0 saturated carbocycles. The van der Waals surface area contributed by atoms with Crippen molar-refractivity contribution in [3.05, 3.63) is 65.2 Å². The monoisotopic (exact) mass is 667 g/mol. The second-order valence-electron chi connectivity index (χ2n) is 10.1. The highest BCUT2D eigenvalue weighted by atomic mass is 19.4. The maximum Gasteiger partial charge on any atom is 0.406 e. The summed E-state index contributed by atoms with van der Waals surface area (Å²) in [5.41, 5.74) is 0.610. The van der Waals surface area contributed by atoms with Crippen molar-refractivity contribution in [2.45, 2.75) is 33.1 Å². The molecule has 0 radical (unpaired) electrons. The molecule has 4 aromatic heterocycles. The van der Waals surface area contributed by atoms with E-state index in [9.17, 15) is 35.5 Å². The Kier molecular flexibility index (Phi) is 8.90. The van der Waals surface area contributed by atoms with Gasteiger partial charge in [0.2, 0.25) is 5.88 Å². The molecular weight excluding hydrogens is 643 g/mol. The number of anilines is 2. The molecule has 0 aliphatic rings. The number of halogens is 7. The van der Waals surface area contributed by atoms with Crippen LogP contribution in [0, 0.1) is 13.8 Å². The number of amides is 1. The first-order chi connectivity index (χ1) is 22.1. The van der Waals surface area contributed by atoms with Gasteiger partial charge in [0.15, 0.2) is 11.6 Å². The number of benzene rings is 1. The summed E-state index contributed by atoms with van der Waals surface area (Å²) in [6.45, 7) is -1.73. The summed E-state index contributed by atoms with van der Waals surface area (Å²) in [5.74, 6) is -1.71. The van der Waals surface area contributed by atoms with E-state index in [-0.39, 0.29) is 45.8 Å². The Morgan fingerprint density at radius 1 is 1.06 bits per heavy atom. The Morgan fingerprint density at radius 2 is 1.81 bits per heavy atom. The molecule has 0 atom stereocenters. The van der Waals surface area contributed by atoms with Gasteiger partial charge in [-0.2, -0.15) is 27.1 Å². The van der Waals surface area contributed by atoms with Gasteiger partial charge < -0.3 is 19.7 Å². The van der Waals surface area contributed by atoms with Crippen LogP contribution >= 0.6 is 0 Å². The molecule has 0 fully saturated rings. The fourth-order valence-electron chi connectivity index (χ4n) is 4.64. The predicted molar refractivity (Wildman–Crippen MR) is 152 cm³/mol. The first-order valence-corrected chi connectivity index (χ1v) is 13.4. The van der Waals surface area contributed by atoms with E-state index in [0.29, 0.717) is 15.9 Å². The summed E-state index contributed by atoms with van der Waals surface area (Å²) in [7, 11) is 2.35. The van der Waals surface area contributed by atoms with Gasteiger partial charge in [0, 0.05) is 24.9 Å². The van der Waals surface area contributed by atoms with Crippen molar-refractivity contribution in [1.82, 2.24) is 39.4 Å². The predicted octanol–water partition coefficient (Wildman–Crippen LogP) is 5.94. The van der Waals surface area contributed by atoms with Crippen LogP contribution in [0.2, 0.25) is 0 Å². The lowest BCUT2D eigenvalue weighted by atomic mass is 10.2. The third-order valence-corrected chi connectivity index (χ3v) is 6.68. The highest BCUT2D eigenvalue weighted by molar-refractivity contribution is 6.00. The van der Waals surface area contributed by atoms with Crippen LogP contribution in [0.5, 0.6) is 11.6 Å². The molecule has 0 bridgehead atoms. The van der Waals surface area contributed by atoms with Gasteiger partial charge in [0.25, 0.3) is 12.3 Å². The molecule has 0 aliphatic heterocycles. The quantitative estimate of drug-likeness (QED) is 0.180. The molecule has 0 saturated heterocycles. The van der Waals surface area contributed by atoms with Crippen molar-refractivity contribution >= 4 is 28.4 Å². The number of alkyl halides is 7. The first kappa shape index (κ1) is 32.9. The highest BCUT2D eigenvalue weighted by Gasteiger charge is 2.32. The lowest BCUT2D eigenvalue weighted by Crippen LogP contribution is -2.36. The van der Waals surface area contributed by atoms with E-state index in [0.717, 1.165) is 23.9 Å². The maximum absolute atomic E-state index is 14.0. The second-order valence-corrected chi connectivity index (χ2v) is 10.1. The van der Waals surface area contributed by atoms with Gasteiger partial charge in [-0.15, -0.1) is 10.2 Å². The molecule has 248 valence electrons. The minimum absolute atomic E-state index is 0.0778. The maximum atomic E-state index is 14.0. The van der Waals surface area contributed by atoms with Crippen LogP contribution in [0.15, 0.2) is 42.7 Å². The van der Waals surface area contributed by atoms with Crippen molar-refractivity contribution in [1.29, 1.82) is 0 Å². The van der Waals surface area contributed by atoms with Crippen molar-refractivity contribution in [2.75, 3.05) is 26.0 Å². The third kappa shape index (κ3) is 7.02. The van der Waals surface area contributed by atoms with Crippen LogP contribution in [0.4, 0.5) is 42.2 Å². The van der Waals surface area contributed by atoms with Crippen LogP contribution in [0.3, 0.4) is 0 Å². The van der Waals surface area contributed by atoms with E-state index in [1.54, 1.807) is 0 Å². The number of hydrogen-bond donors (Lipinski definition) is 1. The van der Waals surface area contributed by atoms with Crippen LogP contribution in [-0.4, -0.2) is 78.8 Å². The third-order valence-electron chi connectivity index (χ3n) is 6.68. The number of ether oxygens (including phenoxy) is 2. The van der Waals surface area contributed by atoms with Crippen molar-refractivity contribution in [2.24, 2.45) is 0 Å². The zero-order valence-corrected chi connectivity index (χ0v) is 24.9. The number of carbonyl (C=O) groups excluding carboxylic acids is 1. The number of hydrogen-bond acceptors (Lipinski definition) is 9. The SMILES string of the molecule is COc1cc2ncn(-c3ccc(C(F)F)c(-n4nc(OC(F)F)cc4C)n3)c2cc1Nc1nnc(C)cc1C(=O)N(C)CC(F)(F)F. The van der Waals surface area contributed by atoms with E-state index >= 15 is 0 Å². The summed E-state index contributed by atoms with van der Waals surface area (Å²) in [6.07, 6.45) is -6.30. The average molecular weight is 668 g/mol. The van der Waals surface area contributed by atoms with Gasteiger partial charge in [-0.3, -0.25) is 9.36 Å². The number of rotatable bonds is 10. The van der Waals surface area contributed by atoms with Gasteiger partial charge in [-0.05, 0) is 38.1 Å². The van der Waals surface area contributed by atoms with E-state index in [2.05, 4.69) is 35.3 Å². The molecule has 1 aromatic carbocycles. The second kappa shape index (κ2) is 12.7. The number of nitrogens with one attached hydrogen (secondary N) is 1. The first-order valence-electron chi connectivity index (χ1n) is 13.4. The molecule has 1 N–H and O–H groups in total. The fraction of sp³-hybridized carbons (Fsp3) is 0.286. The van der Waals surface area contributed by atoms with Crippen molar-refractivity contribution in [3.63, 3.8) is 0 Å². The molecule has 12 nitrogen and oxygen atoms in total. The normalized spacial score (nSPS) is 11.9. The lowest BCUT2D eigenvalue weighted by Gasteiger charge is -2.20. The Balaban J connectivity index is 1.58. The average Bonchev–Trinajstić information content (AvgIpc) is 3.57. The minimum Gasteiger partial charge on any atom is -0.494 e. The number of fused-ring (bicyclic) bond motifs is 1. The molecule has 0 aliphatic carbocycles. The lowest BCUT2D eigenvalue weighted by molar-refractivity contribution is -0.138. The van der Waals surface area contributed by atoms with E-state index in [1.165, 1.54) is 56.1 Å². The largest absolute Gasteiger partial charge is 0.494 e. The number of aromatic nitrogens is 7. The van der Waals surface area contributed by atoms with Gasteiger partial charge in [-0.1, -0.05) is 0 Å². The number of carbonyl (C=O) groups is 1. The van der Waals surface area contributed by atoms with Gasteiger partial charge in [-0.25, -0.2) is 23.4 Å². The van der Waals surface area contributed by atoms with Crippen molar-refractivity contribution in [3.8, 4) is 23.3 Å². The minimum atomic E-state index is -4.64. The zero-order valence-electron chi connectivity index (χ0n) is 24.9. The summed E-state index contributed by atoms with van der Waals surface area (Å²) in [4.78, 5) is 22.2. The Bertz CT molecular complexity index is 1940. The fourth-order valence-corrected chi connectivity index (χ4v) is 4.64. The van der Waals surface area contributed by atoms with Gasteiger partial charge >= 0.3 is 12.8 Å². The van der Waals surface area contributed by atoms with Crippen LogP contribution in [0.25, 0.3) is 22.7 Å². The number of imidazole rings is 1. The molecule has 1 amide bonds. The van der Waals surface area contributed by atoms with Crippen LogP contribution < -0.4 is 14.8 Å². The molecule has 0 unspecified atom stereocenters. The number of methoxy groups -OCH3 is 1. The topological polar surface area (TPSA) is 125 Å². The summed E-state index contributed by atoms with van der Waals surface area (Å²) >= 11 is 0. The standard InChI is InChI=1S/C28H24F7N9O3/c1-13-7-16(26(45)42(3)11-28(33,34)35)24(40-39-13)37-18-9-19-17(10-20(18)46-4)36-12-43(19)21-6-5-15(23(29)30)25(38-21)44-14(2)8-22(41-44)47-27(31)32/h5-10,12,23,27H,11H2,1-4H3,(H,37,40). The van der Waals surface area contributed by atoms with Crippen molar-refractivity contribution < 1.29 is 45.0 Å². The van der Waals surface area contributed by atoms with Gasteiger partial charge in [0.1, 0.15) is 24.4 Å². The van der Waals surface area contributed by atoms with E-state index < -0.39 is 43.1 Å². The number of pyridine rings is 1. The summed E-state index contributed by atoms with van der Waals surface area (Å²) in [5, 5.41) is 14.6. The smallest absolute Gasteiger partial charge is 0.406 e. The number of nitrogens with zero attached hydrogens (tertiary/aromatic N) is 8. The molecule has 5 rings (SSSR count). The molecular formula is C28H24F7N9O3. The molecule has 0 spiro atoms. The Labute approximate surface area is 260 Å². The van der Waals surface area contributed by atoms with E-state index in [1.807, 2.05) is 0 Å². The molecule has 47 heavy (non-hydrogen) atoms. The zero-order chi connectivity index (χ0) is 34.2. The summed E-state index contributed by atoms with van der Waals surface area (Å²) < 4.78 is 105. The Hall–Kier alpha value is -5.49. The van der Waals surface area contributed by atoms with E-state index in [4.69, 9.17) is 4.74 Å². The number of aryl methyl sites for hydroxylation is 2. The van der Waals surface area contributed by atoms with Crippen LogP contribution in [0.1, 0.15) is 33.7 Å². The molecule has 4 heterocycles. The highest BCUT2D eigenvalue weighted by Crippen LogP contribution is 2.35. The van der Waals surface area contributed by atoms with Gasteiger partial charge in [0.05, 0.1) is 40.7 Å². The summed E-state index contributed by atoms with van der Waals surface area (Å²) in [6, 6.07) is 7.82. The Morgan fingerprint density at radius 3 is 2.47 bits per heavy atom. The molecule has 19 heteroatoms. The molecule has 5 aromatic rings. The van der Waals surface area contributed by atoms with Crippen LogP contribution in [-0.2, 0) is 0 Å².